The van der Waals surface area contributed by atoms with E-state index in [9.17, 15) is 4.79 Å². The molecule has 3 nitrogen and oxygen atoms in total. The number of nitrogens with zero attached hydrogens (tertiary/aromatic N) is 1. The van der Waals surface area contributed by atoms with Crippen molar-refractivity contribution in [1.82, 2.24) is 4.98 Å². The Morgan fingerprint density at radius 2 is 1.68 bits per heavy atom. The maximum Gasteiger partial charge on any atom is 0.344 e. The van der Waals surface area contributed by atoms with Gasteiger partial charge in [0.2, 0.25) is 0 Å². The van der Waals surface area contributed by atoms with Crippen molar-refractivity contribution >= 4 is 28.2 Å². The number of aryl methyl sites for hydroxylation is 4. The molecule has 4 rings (SSSR count). The molecule has 0 saturated carbocycles. The molecule has 4 aromatic rings. The molecule has 0 aliphatic heterocycles. The first-order valence-electron chi connectivity index (χ1n) is 9.18. The van der Waals surface area contributed by atoms with Gasteiger partial charge in [0.15, 0.2) is 0 Å². The summed E-state index contributed by atoms with van der Waals surface area (Å²) >= 11 is 1.61. The van der Waals surface area contributed by atoms with Crippen molar-refractivity contribution in [1.29, 1.82) is 0 Å². The van der Waals surface area contributed by atoms with Crippen molar-refractivity contribution in [3.63, 3.8) is 0 Å². The summed E-state index contributed by atoms with van der Waals surface area (Å²) in [6.07, 6.45) is 0. The number of fused-ring (bicyclic) bond motifs is 1. The van der Waals surface area contributed by atoms with Crippen LogP contribution in [0.1, 0.15) is 32.6 Å². The summed E-state index contributed by atoms with van der Waals surface area (Å²) in [7, 11) is 0. The van der Waals surface area contributed by atoms with Gasteiger partial charge in [0, 0.05) is 5.39 Å². The maximum absolute atomic E-state index is 13.2. The molecule has 0 N–H and O–H groups in total. The van der Waals surface area contributed by atoms with E-state index in [-0.39, 0.29) is 5.97 Å². The van der Waals surface area contributed by atoms with Crippen molar-refractivity contribution in [2.45, 2.75) is 27.7 Å². The highest BCUT2D eigenvalue weighted by atomic mass is 32.1. The molecule has 28 heavy (non-hydrogen) atoms. The predicted molar refractivity (Wildman–Crippen MR) is 115 cm³/mol. The number of carbonyl (C=O) groups is 1. The largest absolute Gasteiger partial charge is 0.422 e. The molecule has 0 unspecified atom stereocenters. The third-order valence-corrected chi connectivity index (χ3v) is 5.74. The number of thiophene rings is 1. The minimum atomic E-state index is -0.354. The molecule has 0 spiro atoms. The summed E-state index contributed by atoms with van der Waals surface area (Å²) in [5, 5.41) is 2.84. The van der Waals surface area contributed by atoms with E-state index in [1.54, 1.807) is 11.3 Å². The zero-order valence-corrected chi connectivity index (χ0v) is 17.2. The Morgan fingerprint density at radius 3 is 2.36 bits per heavy atom. The van der Waals surface area contributed by atoms with Gasteiger partial charge < -0.3 is 4.74 Å². The zero-order valence-electron chi connectivity index (χ0n) is 16.4. The summed E-state index contributed by atoms with van der Waals surface area (Å²) < 4.78 is 5.86. The Kier molecular flexibility index (Phi) is 4.73. The number of carbonyl (C=O) groups excluding carboxylic acids is 1. The fourth-order valence-electron chi connectivity index (χ4n) is 3.51. The molecule has 0 amide bonds. The highest BCUT2D eigenvalue weighted by molar-refractivity contribution is 7.13. The maximum atomic E-state index is 13.2. The number of aromatic nitrogens is 1. The molecule has 2 aromatic carbocycles. The molecule has 4 heteroatoms. The lowest BCUT2D eigenvalue weighted by Crippen LogP contribution is -2.12. The summed E-state index contributed by atoms with van der Waals surface area (Å²) in [6.45, 7) is 7.96. The quantitative estimate of drug-likeness (QED) is 0.301. The first-order valence-corrected chi connectivity index (χ1v) is 10.1. The van der Waals surface area contributed by atoms with E-state index >= 15 is 0 Å². The number of esters is 1. The number of benzene rings is 2. The molecular weight excluding hydrogens is 366 g/mol. The van der Waals surface area contributed by atoms with Crippen LogP contribution < -0.4 is 4.74 Å². The van der Waals surface area contributed by atoms with Gasteiger partial charge in [0.05, 0.1) is 21.7 Å². The van der Waals surface area contributed by atoms with Gasteiger partial charge in [-0.3, -0.25) is 0 Å². The molecule has 0 bridgehead atoms. The summed E-state index contributed by atoms with van der Waals surface area (Å²) in [6, 6.07) is 15.8. The Bertz CT molecular complexity index is 1170. The monoisotopic (exact) mass is 387 g/mol. The van der Waals surface area contributed by atoms with Crippen LogP contribution in [0.15, 0.2) is 53.9 Å². The van der Waals surface area contributed by atoms with Gasteiger partial charge in [-0.2, -0.15) is 0 Å². The number of rotatable bonds is 3. The summed E-state index contributed by atoms with van der Waals surface area (Å²) in [4.78, 5) is 19.1. The SMILES string of the molecule is Cc1cc(C)c2nc(-c3cccs3)cc(C(=O)Oc3c(C)cccc3C)c2c1. The Morgan fingerprint density at radius 1 is 0.929 bits per heavy atom. The molecule has 0 aliphatic carbocycles. The van der Waals surface area contributed by atoms with E-state index in [4.69, 9.17) is 9.72 Å². The van der Waals surface area contributed by atoms with Gasteiger partial charge in [-0.05, 0) is 68.0 Å². The topological polar surface area (TPSA) is 39.2 Å². The van der Waals surface area contributed by atoms with Crippen LogP contribution >= 0.6 is 11.3 Å². The minimum absolute atomic E-state index is 0.354. The predicted octanol–water partition coefficient (Wildman–Crippen LogP) is 6.42. The number of hydrogen-bond acceptors (Lipinski definition) is 4. The lowest BCUT2D eigenvalue weighted by Gasteiger charge is -2.14. The fourth-order valence-corrected chi connectivity index (χ4v) is 4.19. The molecule has 2 aromatic heterocycles. The van der Waals surface area contributed by atoms with E-state index in [1.807, 2.05) is 75.5 Å². The number of ether oxygens (including phenoxy) is 1. The highest BCUT2D eigenvalue weighted by Crippen LogP contribution is 2.31. The van der Waals surface area contributed by atoms with E-state index in [2.05, 4.69) is 6.07 Å². The van der Waals surface area contributed by atoms with E-state index in [1.165, 1.54) is 0 Å². The molecule has 2 heterocycles. The smallest absolute Gasteiger partial charge is 0.344 e. The first kappa shape index (κ1) is 18.4. The van der Waals surface area contributed by atoms with Crippen molar-refractivity contribution in [3.05, 3.63) is 81.7 Å². The van der Waals surface area contributed by atoms with Crippen LogP contribution in [-0.4, -0.2) is 11.0 Å². The van der Waals surface area contributed by atoms with Crippen LogP contribution in [-0.2, 0) is 0 Å². The van der Waals surface area contributed by atoms with E-state index in [0.29, 0.717) is 11.3 Å². The lowest BCUT2D eigenvalue weighted by atomic mass is 10.0. The average Bonchev–Trinajstić information content (AvgIpc) is 3.19. The van der Waals surface area contributed by atoms with Gasteiger partial charge in [-0.25, -0.2) is 9.78 Å². The molecular formula is C24H21NO2S. The molecule has 0 radical (unpaired) electrons. The van der Waals surface area contributed by atoms with E-state index in [0.717, 1.165) is 43.7 Å². The Labute approximate surface area is 168 Å². The second kappa shape index (κ2) is 7.21. The van der Waals surface area contributed by atoms with Crippen LogP contribution in [0.4, 0.5) is 0 Å². The van der Waals surface area contributed by atoms with Crippen LogP contribution in [0.3, 0.4) is 0 Å². The standard InChI is InChI=1S/C24H21NO2S/c1-14-11-17(4)22-18(12-14)19(13-20(25-22)21-9-6-10-28-21)24(26)27-23-15(2)7-5-8-16(23)3/h5-13H,1-4H3. The third-order valence-electron chi connectivity index (χ3n) is 4.85. The van der Waals surface area contributed by atoms with Crippen LogP contribution in [0.25, 0.3) is 21.5 Å². The van der Waals surface area contributed by atoms with Crippen LogP contribution in [0.5, 0.6) is 5.75 Å². The molecule has 0 fully saturated rings. The van der Waals surface area contributed by atoms with Gasteiger partial charge in [0.1, 0.15) is 5.75 Å². The van der Waals surface area contributed by atoms with Crippen molar-refractivity contribution in [3.8, 4) is 16.3 Å². The Balaban J connectivity index is 1.90. The normalized spacial score (nSPS) is 11.0. The number of para-hydroxylation sites is 1. The molecule has 140 valence electrons. The average molecular weight is 388 g/mol. The summed E-state index contributed by atoms with van der Waals surface area (Å²) in [5.41, 5.74) is 6.21. The molecule has 0 aliphatic rings. The lowest BCUT2D eigenvalue weighted by molar-refractivity contribution is 0.0734. The molecule has 0 atom stereocenters. The van der Waals surface area contributed by atoms with Crippen molar-refractivity contribution < 1.29 is 9.53 Å². The van der Waals surface area contributed by atoms with Gasteiger partial charge >= 0.3 is 5.97 Å². The van der Waals surface area contributed by atoms with Gasteiger partial charge in [-0.1, -0.05) is 35.9 Å². The fraction of sp³-hybridized carbons (Fsp3) is 0.167. The zero-order chi connectivity index (χ0) is 19.8. The van der Waals surface area contributed by atoms with Crippen LogP contribution in [0, 0.1) is 27.7 Å². The van der Waals surface area contributed by atoms with Crippen molar-refractivity contribution in [2.24, 2.45) is 0 Å². The highest BCUT2D eigenvalue weighted by Gasteiger charge is 2.19. The minimum Gasteiger partial charge on any atom is -0.422 e. The second-order valence-electron chi connectivity index (χ2n) is 7.12. The third kappa shape index (κ3) is 3.32. The van der Waals surface area contributed by atoms with Gasteiger partial charge in [0.25, 0.3) is 0 Å². The Hall–Kier alpha value is -2.98. The molecule has 0 saturated heterocycles. The van der Waals surface area contributed by atoms with Crippen molar-refractivity contribution in [2.75, 3.05) is 0 Å². The summed E-state index contributed by atoms with van der Waals surface area (Å²) in [5.74, 6) is 0.270. The van der Waals surface area contributed by atoms with Gasteiger partial charge in [-0.15, -0.1) is 11.3 Å². The van der Waals surface area contributed by atoms with E-state index < -0.39 is 0 Å². The first-order chi connectivity index (χ1) is 13.4. The number of hydrogen-bond donors (Lipinski definition) is 0. The number of pyridine rings is 1. The second-order valence-corrected chi connectivity index (χ2v) is 8.07. The van der Waals surface area contributed by atoms with Crippen LogP contribution in [0.2, 0.25) is 0 Å².